The Morgan fingerprint density at radius 2 is 1.85 bits per heavy atom. The Labute approximate surface area is 195 Å². The van der Waals surface area contributed by atoms with E-state index in [9.17, 15) is 9.59 Å². The monoisotopic (exact) mass is 469 g/mol. The van der Waals surface area contributed by atoms with E-state index >= 15 is 0 Å². The van der Waals surface area contributed by atoms with Crippen molar-refractivity contribution in [2.45, 2.75) is 13.0 Å². The van der Waals surface area contributed by atoms with E-state index in [1.165, 1.54) is 25.6 Å². The highest BCUT2D eigenvalue weighted by atomic mass is 32.1. The lowest BCUT2D eigenvalue weighted by Gasteiger charge is -2.26. The van der Waals surface area contributed by atoms with Crippen LogP contribution in [0.25, 0.3) is 0 Å². The van der Waals surface area contributed by atoms with Crippen molar-refractivity contribution < 1.29 is 33.3 Å². The normalized spacial score (nSPS) is 14.3. The summed E-state index contributed by atoms with van der Waals surface area (Å²) in [5, 5.41) is 4.96. The number of rotatable bonds is 7. The van der Waals surface area contributed by atoms with Crippen LogP contribution >= 0.6 is 11.3 Å². The smallest absolute Gasteiger partial charge is 0.341 e. The molecule has 3 aromatic rings. The van der Waals surface area contributed by atoms with E-state index < -0.39 is 18.0 Å². The van der Waals surface area contributed by atoms with Gasteiger partial charge in [0.05, 0.1) is 20.8 Å². The number of hydrogen-bond donors (Lipinski definition) is 1. The summed E-state index contributed by atoms with van der Waals surface area (Å²) in [5.41, 5.74) is 1.20. The van der Waals surface area contributed by atoms with Gasteiger partial charge in [-0.1, -0.05) is 12.1 Å². The van der Waals surface area contributed by atoms with Gasteiger partial charge in [0.2, 0.25) is 0 Å². The van der Waals surface area contributed by atoms with Crippen molar-refractivity contribution in [1.82, 2.24) is 0 Å². The highest BCUT2D eigenvalue weighted by Gasteiger charge is 2.31. The molecule has 0 fully saturated rings. The Bertz CT molecular complexity index is 1170. The van der Waals surface area contributed by atoms with Crippen LogP contribution in [-0.4, -0.2) is 39.3 Å². The van der Waals surface area contributed by atoms with E-state index in [0.29, 0.717) is 39.1 Å². The molecule has 0 radical (unpaired) electrons. The van der Waals surface area contributed by atoms with Crippen molar-refractivity contribution in [1.29, 1.82) is 0 Å². The van der Waals surface area contributed by atoms with Gasteiger partial charge in [-0.25, -0.2) is 4.79 Å². The van der Waals surface area contributed by atoms with Crippen LogP contribution in [-0.2, 0) is 4.74 Å². The van der Waals surface area contributed by atoms with Crippen LogP contribution in [0.15, 0.2) is 47.8 Å². The van der Waals surface area contributed by atoms with Gasteiger partial charge < -0.3 is 29.0 Å². The maximum absolute atomic E-state index is 13.0. The maximum atomic E-state index is 13.0. The van der Waals surface area contributed by atoms with Crippen LogP contribution in [0.5, 0.6) is 23.0 Å². The fraction of sp³-hybridized carbons (Fsp3) is 0.250. The highest BCUT2D eigenvalue weighted by Crippen LogP contribution is 2.40. The highest BCUT2D eigenvalue weighted by molar-refractivity contribution is 7.15. The number of esters is 1. The summed E-state index contributed by atoms with van der Waals surface area (Å²) in [6.07, 6.45) is -0.526. The SMILES string of the molecule is CCOC(=O)c1c([C@@H]2COc3ccccc3O2)csc1NC(=O)c1ccc(OC)c(OC)c1. The first-order chi connectivity index (χ1) is 16.0. The van der Waals surface area contributed by atoms with Gasteiger partial charge in [0.15, 0.2) is 29.1 Å². The van der Waals surface area contributed by atoms with Gasteiger partial charge in [-0.05, 0) is 37.3 Å². The number of anilines is 1. The third-order valence-corrected chi connectivity index (χ3v) is 5.94. The molecule has 4 rings (SSSR count). The van der Waals surface area contributed by atoms with E-state index in [2.05, 4.69) is 5.32 Å². The first kappa shape index (κ1) is 22.5. The Kier molecular flexibility index (Phi) is 6.69. The maximum Gasteiger partial charge on any atom is 0.341 e. The van der Waals surface area contributed by atoms with Gasteiger partial charge in [-0.3, -0.25) is 4.79 Å². The van der Waals surface area contributed by atoms with Crippen LogP contribution in [0.3, 0.4) is 0 Å². The second-order valence-corrected chi connectivity index (χ2v) is 7.88. The van der Waals surface area contributed by atoms with Crippen LogP contribution in [0.1, 0.15) is 39.3 Å². The Morgan fingerprint density at radius 3 is 2.58 bits per heavy atom. The van der Waals surface area contributed by atoms with Gasteiger partial charge in [0.25, 0.3) is 5.91 Å². The minimum Gasteiger partial charge on any atom is -0.493 e. The zero-order chi connectivity index (χ0) is 23.4. The predicted molar refractivity (Wildman–Crippen MR) is 123 cm³/mol. The standard InChI is InChI=1S/C24H23NO7S/c1-4-30-24(27)21-15(20-12-31-17-7-5-6-8-18(17)32-20)13-33-23(21)25-22(26)14-9-10-16(28-2)19(11-14)29-3/h5-11,13,20H,4,12H2,1-3H3,(H,25,26)/t20-/m0/s1. The molecule has 0 unspecified atom stereocenters. The molecule has 1 aromatic heterocycles. The molecule has 172 valence electrons. The molecular formula is C24H23NO7S. The molecule has 1 amide bonds. The number of nitrogens with one attached hydrogen (secondary N) is 1. The Balaban J connectivity index is 1.63. The largest absolute Gasteiger partial charge is 0.493 e. The Hall–Kier alpha value is -3.72. The first-order valence-electron chi connectivity index (χ1n) is 10.3. The molecule has 33 heavy (non-hydrogen) atoms. The molecule has 1 aliphatic rings. The number of benzene rings is 2. The van der Waals surface area contributed by atoms with Crippen molar-refractivity contribution in [3.63, 3.8) is 0 Å². The second kappa shape index (κ2) is 9.83. The summed E-state index contributed by atoms with van der Waals surface area (Å²) in [6, 6.07) is 12.2. The van der Waals surface area contributed by atoms with Crippen LogP contribution in [0, 0.1) is 0 Å². The summed E-state index contributed by atoms with van der Waals surface area (Å²) in [7, 11) is 3.01. The van der Waals surface area contributed by atoms with E-state index in [1.807, 2.05) is 18.2 Å². The molecule has 0 bridgehead atoms. The quantitative estimate of drug-likeness (QED) is 0.501. The third-order valence-electron chi connectivity index (χ3n) is 5.03. The van der Waals surface area contributed by atoms with Crippen molar-refractivity contribution in [2.24, 2.45) is 0 Å². The summed E-state index contributed by atoms with van der Waals surface area (Å²) >= 11 is 1.22. The molecule has 0 spiro atoms. The molecule has 2 heterocycles. The molecule has 9 heteroatoms. The Morgan fingerprint density at radius 1 is 1.09 bits per heavy atom. The number of thiophene rings is 1. The van der Waals surface area contributed by atoms with Crippen LogP contribution in [0.4, 0.5) is 5.00 Å². The number of hydrogen-bond acceptors (Lipinski definition) is 8. The van der Waals surface area contributed by atoms with E-state index in [4.69, 9.17) is 23.7 Å². The van der Waals surface area contributed by atoms with Gasteiger partial charge in [0, 0.05) is 16.5 Å². The van der Waals surface area contributed by atoms with Crippen molar-refractivity contribution in [2.75, 3.05) is 32.8 Å². The lowest BCUT2D eigenvalue weighted by atomic mass is 10.1. The zero-order valence-electron chi connectivity index (χ0n) is 18.4. The van der Waals surface area contributed by atoms with Gasteiger partial charge >= 0.3 is 5.97 Å². The summed E-state index contributed by atoms with van der Waals surface area (Å²) in [6.45, 7) is 2.15. The molecule has 1 aliphatic heterocycles. The van der Waals surface area contributed by atoms with Crippen LogP contribution < -0.4 is 24.3 Å². The lowest BCUT2D eigenvalue weighted by molar-refractivity contribution is 0.0513. The number of amides is 1. The molecule has 8 nitrogen and oxygen atoms in total. The summed E-state index contributed by atoms with van der Waals surface area (Å²) in [5.74, 6) is 1.22. The third kappa shape index (κ3) is 4.58. The first-order valence-corrected chi connectivity index (χ1v) is 11.1. The van der Waals surface area contributed by atoms with Crippen LogP contribution in [0.2, 0.25) is 0 Å². The predicted octanol–water partition coefficient (Wildman–Crippen LogP) is 4.71. The average molecular weight is 470 g/mol. The lowest BCUT2D eigenvalue weighted by Crippen LogP contribution is -2.24. The fourth-order valence-electron chi connectivity index (χ4n) is 3.44. The van der Waals surface area contributed by atoms with E-state index in [0.717, 1.165) is 0 Å². The zero-order valence-corrected chi connectivity index (χ0v) is 19.2. The summed E-state index contributed by atoms with van der Waals surface area (Å²) < 4.78 is 27.6. The minimum absolute atomic E-state index is 0.196. The number of ether oxygens (including phenoxy) is 5. The van der Waals surface area contributed by atoms with E-state index in [-0.39, 0.29) is 18.8 Å². The fourth-order valence-corrected chi connectivity index (χ4v) is 4.42. The average Bonchev–Trinajstić information content (AvgIpc) is 3.26. The molecule has 2 aromatic carbocycles. The second-order valence-electron chi connectivity index (χ2n) is 7.00. The number of carbonyl (C=O) groups is 2. The molecule has 1 N–H and O–H groups in total. The van der Waals surface area contributed by atoms with E-state index in [1.54, 1.807) is 36.6 Å². The number of para-hydroxylation sites is 2. The molecule has 0 aliphatic carbocycles. The number of carbonyl (C=O) groups excluding carboxylic acids is 2. The minimum atomic E-state index is -0.543. The van der Waals surface area contributed by atoms with Gasteiger partial charge in [-0.15, -0.1) is 11.3 Å². The van der Waals surface area contributed by atoms with Crippen molar-refractivity contribution >= 4 is 28.2 Å². The molecule has 0 saturated heterocycles. The van der Waals surface area contributed by atoms with Crippen molar-refractivity contribution in [3.05, 3.63) is 64.5 Å². The van der Waals surface area contributed by atoms with Gasteiger partial charge in [0.1, 0.15) is 17.2 Å². The number of fused-ring (bicyclic) bond motifs is 1. The van der Waals surface area contributed by atoms with Crippen molar-refractivity contribution in [3.8, 4) is 23.0 Å². The van der Waals surface area contributed by atoms with Gasteiger partial charge in [-0.2, -0.15) is 0 Å². The topological polar surface area (TPSA) is 92.3 Å². The molecule has 1 atom stereocenters. The molecule has 0 saturated carbocycles. The summed E-state index contributed by atoms with van der Waals surface area (Å²) in [4.78, 5) is 25.8. The molecular weight excluding hydrogens is 446 g/mol. The number of methoxy groups -OCH3 is 2.